The van der Waals surface area contributed by atoms with Crippen LogP contribution >= 0.6 is 7.82 Å². The first-order chi connectivity index (χ1) is 49.9. The quantitative estimate of drug-likeness (QED) is 0.00575. The van der Waals surface area contributed by atoms with Crippen molar-refractivity contribution in [1.29, 1.82) is 0 Å². The molecular weight excluding hydrogens is 1460 g/mol. The van der Waals surface area contributed by atoms with E-state index in [-0.39, 0.29) is 26.9 Å². The smallest absolute Gasteiger partial charge is 0.480 e. The van der Waals surface area contributed by atoms with Crippen LogP contribution in [0.25, 0.3) is 11.3 Å². The summed E-state index contributed by atoms with van der Waals surface area (Å²) < 4.78 is 191. The van der Waals surface area contributed by atoms with Crippen molar-refractivity contribution in [2.24, 2.45) is 10.8 Å². The third-order valence-corrected chi connectivity index (χ3v) is 18.9. The van der Waals surface area contributed by atoms with Gasteiger partial charge in [0.1, 0.15) is 42.1 Å². The van der Waals surface area contributed by atoms with Crippen molar-refractivity contribution >= 4 is 55.6 Å². The van der Waals surface area contributed by atoms with E-state index in [4.69, 9.17) is 14.0 Å². The molecule has 8 rings (SSSR count). The van der Waals surface area contributed by atoms with Crippen LogP contribution in [-0.4, -0.2) is 195 Å². The van der Waals surface area contributed by atoms with E-state index in [1.165, 1.54) is 63.5 Å². The zero-order valence-corrected chi connectivity index (χ0v) is 59.9. The van der Waals surface area contributed by atoms with Gasteiger partial charge in [0.2, 0.25) is 17.8 Å². The Labute approximate surface area is 606 Å². The monoisotopic (exact) mass is 1540 g/mol. The standard InChI is InChI=1S/C68H79F10N12O16P/c1-36-20-41(25-52(91)79-29-53(92)93)55(50(21-36)106-107(99,100)101)64(2,3)26-54(94)105-51(33-88(86-59(96)57(84-63(98)103-9)66(6,7)68(76,77)78)32-45-46(69)23-40(24-47(45)70)48-18-19-89(85-48)60(71)72)49(82-58(95)56(83-62(97)102-8)65(4,5)67(73,74)75)22-38-13-10-37(11-14-38)12-15-39-27-80-61(81-28-39)87-30-42-16-17-43(31-87)90(42)44-34-104-35-44/h10-11,13-14,18-21,23-24,27-28,42-44,49,51,56-57,60H,16-17,22,25-26,29-35H2,1-9H3,(H,79,91)(H,82,95)(H,83,97)(H,84,98)(H,86,96)(H,92,93)(H2,99,100,101)/t42?,43?,49-,51-,56+,57+/m0/s1. The number of ether oxygens (including phenoxy) is 4. The van der Waals surface area contributed by atoms with Crippen LogP contribution in [0.4, 0.5) is 59.4 Å². The Balaban J connectivity index is 1.27. The number of nitrogens with zero attached hydrogens (tertiary/aromatic N) is 7. The number of amides is 5. The molecule has 5 amide bonds. The summed E-state index contributed by atoms with van der Waals surface area (Å²) in [6.07, 6.45) is -13.0. The second-order valence-electron chi connectivity index (χ2n) is 27.6. The van der Waals surface area contributed by atoms with Gasteiger partial charge in [0.15, 0.2) is 0 Å². The van der Waals surface area contributed by atoms with E-state index >= 15 is 44.7 Å². The van der Waals surface area contributed by atoms with E-state index < -0.39 is 182 Å². The van der Waals surface area contributed by atoms with Gasteiger partial charge >= 0.3 is 50.8 Å². The molecule has 3 fully saturated rings. The number of aliphatic carboxylic acids is 1. The molecule has 0 radical (unpaired) electrons. The van der Waals surface area contributed by atoms with Gasteiger partial charge in [-0.25, -0.2) is 42.6 Å². The number of carbonyl (C=O) groups is 7. The third kappa shape index (κ3) is 20.9. The normalized spacial score (nSPS) is 17.0. The number of carboxylic acid groups (broad SMARTS) is 1. The summed E-state index contributed by atoms with van der Waals surface area (Å²) in [5.41, 5.74) is -7.93. The Kier molecular flexibility index (Phi) is 26.1. The van der Waals surface area contributed by atoms with Crippen molar-refractivity contribution < 1.29 is 120 Å². The maximum absolute atomic E-state index is 16.8. The second-order valence-corrected chi connectivity index (χ2v) is 28.8. The molecule has 28 nitrogen and oxygen atoms in total. The number of alkyl halides is 8. The number of rotatable bonds is 29. The van der Waals surface area contributed by atoms with Crippen molar-refractivity contribution in [3.05, 3.63) is 124 Å². The van der Waals surface area contributed by atoms with Crippen LogP contribution in [0.1, 0.15) is 106 Å². The zero-order valence-electron chi connectivity index (χ0n) is 59.0. The summed E-state index contributed by atoms with van der Waals surface area (Å²) in [6.45, 7) is 1.76. The Morgan fingerprint density at radius 2 is 1.33 bits per heavy atom. The lowest BCUT2D eigenvalue weighted by Gasteiger charge is -2.47. The molecular formula is C68H79F10N12O16P. The molecule has 3 saturated heterocycles. The van der Waals surface area contributed by atoms with Gasteiger partial charge in [-0.2, -0.15) is 40.2 Å². The number of fused-ring (bicyclic) bond motifs is 2. The molecule has 0 aliphatic carbocycles. The molecule has 5 aromatic rings. The number of hydrogen-bond donors (Lipinski definition) is 8. The van der Waals surface area contributed by atoms with Crippen molar-refractivity contribution in [2.75, 3.05) is 58.5 Å². The number of esters is 1. The first-order valence-electron chi connectivity index (χ1n) is 33.0. The van der Waals surface area contributed by atoms with Gasteiger partial charge in [-0.15, -0.1) is 0 Å². The molecule has 107 heavy (non-hydrogen) atoms. The molecule has 5 heterocycles. The molecule has 39 heteroatoms. The fourth-order valence-corrected chi connectivity index (χ4v) is 13.1. The van der Waals surface area contributed by atoms with Crippen LogP contribution < -0.4 is 36.1 Å². The van der Waals surface area contributed by atoms with Gasteiger partial charge < -0.3 is 54.7 Å². The van der Waals surface area contributed by atoms with Crippen molar-refractivity contribution in [3.8, 4) is 28.8 Å². The number of benzene rings is 3. The summed E-state index contributed by atoms with van der Waals surface area (Å²) in [5, 5.41) is 21.4. The molecule has 2 aromatic heterocycles. The van der Waals surface area contributed by atoms with E-state index in [2.05, 4.69) is 62.2 Å². The Morgan fingerprint density at radius 3 is 1.83 bits per heavy atom. The van der Waals surface area contributed by atoms with Crippen molar-refractivity contribution in [1.82, 2.24) is 56.4 Å². The van der Waals surface area contributed by atoms with Crippen LogP contribution in [0.5, 0.6) is 5.75 Å². The first-order valence-corrected chi connectivity index (χ1v) is 34.5. The highest BCUT2D eigenvalue weighted by molar-refractivity contribution is 7.46. The lowest BCUT2D eigenvalue weighted by molar-refractivity contribution is -0.221. The number of aryl methyl sites for hydroxylation is 1. The number of phosphoric ester groups is 1. The number of halogens is 10. The largest absolute Gasteiger partial charge is 0.524 e. The molecule has 3 aliphatic rings. The second kappa shape index (κ2) is 33.6. The summed E-state index contributed by atoms with van der Waals surface area (Å²) in [6, 6.07) is 3.59. The molecule has 8 N–H and O–H groups in total. The highest BCUT2D eigenvalue weighted by Gasteiger charge is 2.58. The minimum absolute atomic E-state index is 0.0814. The van der Waals surface area contributed by atoms with Crippen LogP contribution in [0.2, 0.25) is 0 Å². The van der Waals surface area contributed by atoms with E-state index in [0.717, 1.165) is 45.4 Å². The first kappa shape index (κ1) is 83.0. The fourth-order valence-electron chi connectivity index (χ4n) is 12.7. The number of carboxylic acids is 1. The van der Waals surface area contributed by atoms with Crippen molar-refractivity contribution in [2.45, 2.75) is 154 Å². The van der Waals surface area contributed by atoms with Gasteiger partial charge in [0.05, 0.1) is 81.0 Å². The van der Waals surface area contributed by atoms with Crippen LogP contribution in [-0.2, 0) is 72.3 Å². The summed E-state index contributed by atoms with van der Waals surface area (Å²) >= 11 is 0. The number of phosphoric acid groups is 1. The maximum atomic E-state index is 16.8. The molecule has 582 valence electrons. The van der Waals surface area contributed by atoms with Gasteiger partial charge in [-0.1, -0.05) is 43.9 Å². The summed E-state index contributed by atoms with van der Waals surface area (Å²) in [7, 11) is -4.10. The lowest BCUT2D eigenvalue weighted by atomic mass is 9.77. The Bertz CT molecular complexity index is 4170. The molecule has 3 aliphatic heterocycles. The Hall–Kier alpha value is -9.67. The zero-order chi connectivity index (χ0) is 79.1. The van der Waals surface area contributed by atoms with Crippen LogP contribution in [0.3, 0.4) is 0 Å². The predicted molar refractivity (Wildman–Crippen MR) is 357 cm³/mol. The van der Waals surface area contributed by atoms with E-state index in [9.17, 15) is 52.2 Å². The number of methoxy groups -OCH3 is 2. The topological polar surface area (TPSA) is 357 Å². The number of piperazine rings is 1. The average molecular weight is 1540 g/mol. The minimum Gasteiger partial charge on any atom is -0.480 e. The fraction of sp³-hybridized carbons (Fsp3) is 0.500. The number of anilines is 1. The van der Waals surface area contributed by atoms with Crippen LogP contribution in [0, 0.1) is 41.2 Å². The Morgan fingerprint density at radius 1 is 0.766 bits per heavy atom. The molecule has 3 aromatic carbocycles. The van der Waals surface area contributed by atoms with Crippen LogP contribution in [0.15, 0.2) is 73.2 Å². The molecule has 6 atom stereocenters. The maximum Gasteiger partial charge on any atom is 0.524 e. The van der Waals surface area contributed by atoms with E-state index in [0.29, 0.717) is 106 Å². The number of alkyl carbamates (subject to hydrolysis) is 2. The number of nitrogens with one attached hydrogen (secondary N) is 5. The van der Waals surface area contributed by atoms with Gasteiger partial charge in [0, 0.05) is 78.0 Å². The minimum atomic E-state index is -5.57. The highest BCUT2D eigenvalue weighted by atomic mass is 31.2. The number of hydrazine groups is 1. The SMILES string of the molecule is COC(=O)N[C@H](C(=O)N[C@@H](Cc1ccc(C#Cc2cnc(N3CC4CCC(C3)N4C3COC3)nc2)cc1)[C@H](CN(Cc1c(F)cc(-c2ccn(C(F)F)n2)cc1F)NC(=O)[C@@H](NC(=O)OC)C(C)(C)C(F)(F)F)OC(=O)CC(C)(C)c1c(CC(=O)NCC(=O)O)cc(C)cc1OP(=O)(O)O)C(C)(C)C(F)(F)F. The van der Waals surface area contributed by atoms with E-state index in [1.807, 2.05) is 5.32 Å². The predicted octanol–water partition coefficient (Wildman–Crippen LogP) is 7.45. The number of carbonyl (C=O) groups excluding carboxylic acids is 6. The lowest BCUT2D eigenvalue weighted by Crippen LogP contribution is -2.64. The average Bonchev–Trinajstić information content (AvgIpc) is 1.74. The van der Waals surface area contributed by atoms with Gasteiger partial charge in [-0.05, 0) is 107 Å². The molecule has 0 saturated carbocycles. The number of aromatic nitrogens is 4. The summed E-state index contributed by atoms with van der Waals surface area (Å²) in [4.78, 5) is 130. The molecule has 0 spiro atoms. The van der Waals surface area contributed by atoms with Crippen molar-refractivity contribution in [3.63, 3.8) is 0 Å². The van der Waals surface area contributed by atoms with Gasteiger partial charge in [0.25, 0.3) is 5.91 Å². The third-order valence-electron chi connectivity index (χ3n) is 18.5. The van der Waals surface area contributed by atoms with E-state index in [1.54, 1.807) is 5.32 Å². The molecule has 2 bridgehead atoms. The number of hydrogen-bond acceptors (Lipinski definition) is 19. The van der Waals surface area contributed by atoms with Gasteiger partial charge in [-0.3, -0.25) is 44.1 Å². The summed E-state index contributed by atoms with van der Waals surface area (Å²) in [5.74, 6) is -4.90. The molecule has 2 unspecified atom stereocenters. The highest BCUT2D eigenvalue weighted by Crippen LogP contribution is 2.47.